The maximum Gasteiger partial charge on any atom is 0.128 e. The van der Waals surface area contributed by atoms with Crippen molar-refractivity contribution in [3.8, 4) is 22.6 Å². The van der Waals surface area contributed by atoms with Crippen LogP contribution in [0.5, 0.6) is 11.5 Å². The van der Waals surface area contributed by atoms with Crippen molar-refractivity contribution >= 4 is 31.9 Å². The molecule has 0 aromatic heterocycles. The Balaban J connectivity index is 2.53. The number of phenolic OH excluding ortho intramolecular Hbond substituents is 2. The molecule has 0 atom stereocenters. The maximum atomic E-state index is 10.6. The number of rotatable bonds is 5. The van der Waals surface area contributed by atoms with Gasteiger partial charge >= 0.3 is 0 Å². The van der Waals surface area contributed by atoms with E-state index in [1.807, 2.05) is 12.1 Å². The van der Waals surface area contributed by atoms with E-state index >= 15 is 0 Å². The van der Waals surface area contributed by atoms with E-state index in [9.17, 15) is 10.2 Å². The molecule has 2 N–H and O–H groups in total. The van der Waals surface area contributed by atoms with Crippen molar-refractivity contribution in [2.45, 2.75) is 20.4 Å². The van der Waals surface area contributed by atoms with Gasteiger partial charge in [-0.15, -0.1) is 0 Å². The molecule has 3 nitrogen and oxygen atoms in total. The van der Waals surface area contributed by atoms with Gasteiger partial charge in [0.25, 0.3) is 0 Å². The van der Waals surface area contributed by atoms with E-state index in [1.54, 1.807) is 18.2 Å². The lowest BCUT2D eigenvalue weighted by Gasteiger charge is -2.20. The Morgan fingerprint density at radius 1 is 0.909 bits per heavy atom. The Bertz CT molecular complexity index is 670. The van der Waals surface area contributed by atoms with Crippen LogP contribution in [0.1, 0.15) is 19.4 Å². The van der Waals surface area contributed by atoms with Crippen LogP contribution in [0.25, 0.3) is 11.1 Å². The van der Waals surface area contributed by atoms with Crippen LogP contribution in [0.3, 0.4) is 0 Å². The van der Waals surface area contributed by atoms with Crippen LogP contribution >= 0.6 is 31.9 Å². The molecule has 0 aliphatic heterocycles. The summed E-state index contributed by atoms with van der Waals surface area (Å²) < 4.78 is 1.73. The summed E-state index contributed by atoms with van der Waals surface area (Å²) in [6.45, 7) is 6.69. The van der Waals surface area contributed by atoms with Gasteiger partial charge in [0, 0.05) is 32.2 Å². The minimum Gasteiger partial charge on any atom is -0.507 e. The Hall–Kier alpha value is -1.04. The van der Waals surface area contributed by atoms with Crippen LogP contribution in [0.15, 0.2) is 39.3 Å². The molecule has 0 saturated carbocycles. The molecule has 2 rings (SSSR count). The molecule has 0 heterocycles. The zero-order chi connectivity index (χ0) is 16.3. The molecule has 0 fully saturated rings. The molecular weight excluding hydrogens is 410 g/mol. The van der Waals surface area contributed by atoms with Gasteiger partial charge in [-0.2, -0.15) is 0 Å². The lowest BCUT2D eigenvalue weighted by molar-refractivity contribution is 0.291. The van der Waals surface area contributed by atoms with Gasteiger partial charge in [-0.25, -0.2) is 0 Å². The molecular formula is C17H19Br2NO2. The van der Waals surface area contributed by atoms with Crippen LogP contribution in [-0.4, -0.2) is 28.2 Å². The molecule has 0 radical (unpaired) electrons. The summed E-state index contributed by atoms with van der Waals surface area (Å²) in [6, 6.07) is 8.93. The molecule has 0 unspecified atom stereocenters. The van der Waals surface area contributed by atoms with E-state index < -0.39 is 0 Å². The maximum absolute atomic E-state index is 10.6. The fourth-order valence-corrected chi connectivity index (χ4v) is 3.26. The van der Waals surface area contributed by atoms with Crippen LogP contribution in [0.4, 0.5) is 0 Å². The van der Waals surface area contributed by atoms with E-state index in [1.165, 1.54) is 0 Å². The Kier molecular flexibility index (Phi) is 5.89. The molecule has 0 spiro atoms. The van der Waals surface area contributed by atoms with Crippen LogP contribution in [-0.2, 0) is 6.54 Å². The van der Waals surface area contributed by atoms with Crippen LogP contribution in [0.2, 0.25) is 0 Å². The van der Waals surface area contributed by atoms with Crippen molar-refractivity contribution in [1.29, 1.82) is 0 Å². The second-order valence-electron chi connectivity index (χ2n) is 5.08. The van der Waals surface area contributed by atoms with Gasteiger partial charge in [0.05, 0.1) is 0 Å². The van der Waals surface area contributed by atoms with Gasteiger partial charge in [0.2, 0.25) is 0 Å². The highest BCUT2D eigenvalue weighted by molar-refractivity contribution is 9.10. The third-order valence-corrected chi connectivity index (χ3v) is 4.64. The monoisotopic (exact) mass is 427 g/mol. The van der Waals surface area contributed by atoms with Crippen molar-refractivity contribution in [2.24, 2.45) is 0 Å². The lowest BCUT2D eigenvalue weighted by Crippen LogP contribution is -2.22. The highest BCUT2D eigenvalue weighted by Gasteiger charge is 2.16. The molecule has 0 bridgehead atoms. The highest BCUT2D eigenvalue weighted by Crippen LogP contribution is 2.40. The van der Waals surface area contributed by atoms with E-state index in [0.29, 0.717) is 17.7 Å². The van der Waals surface area contributed by atoms with Gasteiger partial charge in [-0.05, 0) is 43.4 Å². The van der Waals surface area contributed by atoms with Crippen LogP contribution < -0.4 is 0 Å². The zero-order valence-corrected chi connectivity index (χ0v) is 15.8. The highest BCUT2D eigenvalue weighted by atomic mass is 79.9. The van der Waals surface area contributed by atoms with Gasteiger partial charge < -0.3 is 10.2 Å². The average Bonchev–Trinajstić information content (AvgIpc) is 2.50. The quantitative estimate of drug-likeness (QED) is 0.693. The van der Waals surface area contributed by atoms with Gasteiger partial charge in [-0.1, -0.05) is 45.7 Å². The third-order valence-electron chi connectivity index (χ3n) is 3.69. The normalized spacial score (nSPS) is 11.1. The molecule has 0 amide bonds. The summed E-state index contributed by atoms with van der Waals surface area (Å²) in [5.41, 5.74) is 2.07. The number of hydrogen-bond acceptors (Lipinski definition) is 3. The first-order chi connectivity index (χ1) is 10.5. The van der Waals surface area contributed by atoms with Gasteiger partial charge in [0.15, 0.2) is 0 Å². The first-order valence-corrected chi connectivity index (χ1v) is 8.77. The number of hydrogen-bond donors (Lipinski definition) is 2. The molecule has 2 aromatic carbocycles. The van der Waals surface area contributed by atoms with Crippen molar-refractivity contribution in [2.75, 3.05) is 13.1 Å². The number of nitrogens with zero attached hydrogens (tertiary/aromatic N) is 1. The fourth-order valence-electron chi connectivity index (χ4n) is 2.39. The number of halogens is 2. The van der Waals surface area contributed by atoms with Crippen molar-refractivity contribution in [1.82, 2.24) is 4.90 Å². The number of phenols is 2. The van der Waals surface area contributed by atoms with E-state index in [2.05, 4.69) is 50.6 Å². The second kappa shape index (κ2) is 7.49. The predicted molar refractivity (Wildman–Crippen MR) is 97.2 cm³/mol. The van der Waals surface area contributed by atoms with Crippen LogP contribution in [0, 0.1) is 0 Å². The Morgan fingerprint density at radius 2 is 1.55 bits per heavy atom. The van der Waals surface area contributed by atoms with Crippen molar-refractivity contribution < 1.29 is 10.2 Å². The summed E-state index contributed by atoms with van der Waals surface area (Å²) in [7, 11) is 0. The summed E-state index contributed by atoms with van der Waals surface area (Å²) in [5.74, 6) is 0.355. The molecule has 5 heteroatoms. The third kappa shape index (κ3) is 3.83. The molecule has 2 aromatic rings. The standard InChI is InChI=1S/C17H19Br2NO2/c1-3-20(4-2)10-11-7-13(19)9-15(17(11)22)14-8-12(18)5-6-16(14)21/h5-9,21-22H,3-4,10H2,1-2H3. The Morgan fingerprint density at radius 3 is 2.18 bits per heavy atom. The van der Waals surface area contributed by atoms with E-state index in [4.69, 9.17) is 0 Å². The van der Waals surface area contributed by atoms with E-state index in [0.717, 1.165) is 27.6 Å². The van der Waals surface area contributed by atoms with Gasteiger partial charge in [-0.3, -0.25) is 4.90 Å². The Labute approximate surface area is 147 Å². The average molecular weight is 429 g/mol. The topological polar surface area (TPSA) is 43.7 Å². The smallest absolute Gasteiger partial charge is 0.128 e. The summed E-state index contributed by atoms with van der Waals surface area (Å²) in [6.07, 6.45) is 0. The largest absolute Gasteiger partial charge is 0.507 e. The minimum absolute atomic E-state index is 0.144. The predicted octanol–water partition coefficient (Wildman–Crippen LogP) is 5.13. The first-order valence-electron chi connectivity index (χ1n) is 7.18. The summed E-state index contributed by atoms with van der Waals surface area (Å²) >= 11 is 6.90. The van der Waals surface area contributed by atoms with Crippen molar-refractivity contribution in [3.63, 3.8) is 0 Å². The SMILES string of the molecule is CCN(CC)Cc1cc(Br)cc(-c2cc(Br)ccc2O)c1O. The molecule has 0 saturated heterocycles. The summed E-state index contributed by atoms with van der Waals surface area (Å²) in [4.78, 5) is 2.23. The van der Waals surface area contributed by atoms with Crippen molar-refractivity contribution in [3.05, 3.63) is 44.8 Å². The van der Waals surface area contributed by atoms with Gasteiger partial charge in [0.1, 0.15) is 11.5 Å². The molecule has 118 valence electrons. The molecule has 0 aliphatic carbocycles. The first kappa shape index (κ1) is 17.3. The number of aromatic hydroxyl groups is 2. The fraction of sp³-hybridized carbons (Fsp3) is 0.294. The summed E-state index contributed by atoms with van der Waals surface area (Å²) in [5, 5.41) is 20.8. The minimum atomic E-state index is 0.144. The van der Waals surface area contributed by atoms with E-state index in [-0.39, 0.29) is 11.5 Å². The lowest BCUT2D eigenvalue weighted by atomic mass is 10.00. The number of benzene rings is 2. The zero-order valence-electron chi connectivity index (χ0n) is 12.6. The second-order valence-corrected chi connectivity index (χ2v) is 6.92. The molecule has 22 heavy (non-hydrogen) atoms. The molecule has 0 aliphatic rings.